The first kappa shape index (κ1) is 15.0. The summed E-state index contributed by atoms with van der Waals surface area (Å²) in [7, 11) is 1.61. The third kappa shape index (κ3) is 3.97. The number of carboxylic acids is 1. The van der Waals surface area contributed by atoms with E-state index in [-0.39, 0.29) is 13.1 Å². The number of aliphatic carboxylic acids is 1. The zero-order valence-corrected chi connectivity index (χ0v) is 11.4. The molecule has 0 saturated carbocycles. The number of pyridine rings is 1. The Kier molecular flexibility index (Phi) is 5.34. The molecule has 19 heavy (non-hydrogen) atoms. The number of hydrogen-bond donors (Lipinski definition) is 1. The number of ether oxygens (including phenoxy) is 1. The van der Waals surface area contributed by atoms with E-state index in [9.17, 15) is 4.79 Å². The molecule has 0 atom stereocenters. The molecule has 0 radical (unpaired) electrons. The van der Waals surface area contributed by atoms with Crippen molar-refractivity contribution in [3.8, 4) is 18.1 Å². The molecule has 0 spiro atoms. The number of terminal acetylenes is 1. The van der Waals surface area contributed by atoms with Crippen molar-refractivity contribution in [1.29, 1.82) is 0 Å². The fourth-order valence-electron chi connectivity index (χ4n) is 1.93. The molecule has 0 amide bonds. The van der Waals surface area contributed by atoms with Crippen LogP contribution in [0, 0.1) is 26.2 Å². The van der Waals surface area contributed by atoms with E-state index < -0.39 is 5.97 Å². The average Bonchev–Trinajstić information content (AvgIpc) is 2.33. The van der Waals surface area contributed by atoms with Crippen LogP contribution in [0.15, 0.2) is 6.20 Å². The van der Waals surface area contributed by atoms with Gasteiger partial charge < -0.3 is 9.84 Å². The first-order chi connectivity index (χ1) is 8.99. The van der Waals surface area contributed by atoms with Crippen LogP contribution in [0.2, 0.25) is 0 Å². The second kappa shape index (κ2) is 6.76. The number of aromatic nitrogens is 1. The molecule has 0 aromatic carbocycles. The van der Waals surface area contributed by atoms with Crippen molar-refractivity contribution < 1.29 is 14.6 Å². The van der Waals surface area contributed by atoms with Gasteiger partial charge in [0.25, 0.3) is 0 Å². The standard InChI is InChI=1S/C14H18N2O3/c1-5-6-16(9-13(17)18)8-12-11(3)14(19-4)10(2)7-15-12/h1,7H,6,8-9H2,2-4H3,(H,17,18). The molecule has 0 aliphatic heterocycles. The molecule has 5 heteroatoms. The molecule has 0 bridgehead atoms. The average molecular weight is 262 g/mol. The predicted molar refractivity (Wildman–Crippen MR) is 72.0 cm³/mol. The van der Waals surface area contributed by atoms with E-state index >= 15 is 0 Å². The number of hydrogen-bond acceptors (Lipinski definition) is 4. The molecule has 0 aliphatic rings. The quantitative estimate of drug-likeness (QED) is 0.781. The number of carboxylic acid groups (broad SMARTS) is 1. The summed E-state index contributed by atoms with van der Waals surface area (Å²) in [5.74, 6) is 2.32. The normalized spacial score (nSPS) is 10.3. The molecule has 0 fully saturated rings. The Morgan fingerprint density at radius 1 is 1.58 bits per heavy atom. The van der Waals surface area contributed by atoms with Gasteiger partial charge in [-0.15, -0.1) is 6.42 Å². The fourth-order valence-corrected chi connectivity index (χ4v) is 1.93. The van der Waals surface area contributed by atoms with Gasteiger partial charge in [-0.2, -0.15) is 0 Å². The maximum absolute atomic E-state index is 10.8. The summed E-state index contributed by atoms with van der Waals surface area (Å²) < 4.78 is 5.32. The van der Waals surface area contributed by atoms with E-state index in [1.54, 1.807) is 18.2 Å². The van der Waals surface area contributed by atoms with Gasteiger partial charge in [-0.05, 0) is 13.8 Å². The molecule has 1 rings (SSSR count). The summed E-state index contributed by atoms with van der Waals surface area (Å²) in [4.78, 5) is 16.8. The molecular formula is C14H18N2O3. The molecule has 1 aromatic heterocycles. The number of nitrogens with zero attached hydrogens (tertiary/aromatic N) is 2. The van der Waals surface area contributed by atoms with Crippen molar-refractivity contribution in [3.63, 3.8) is 0 Å². The first-order valence-electron chi connectivity index (χ1n) is 5.86. The van der Waals surface area contributed by atoms with Gasteiger partial charge in [0, 0.05) is 23.9 Å². The van der Waals surface area contributed by atoms with Crippen molar-refractivity contribution >= 4 is 5.97 Å². The smallest absolute Gasteiger partial charge is 0.317 e. The van der Waals surface area contributed by atoms with Gasteiger partial charge in [0.05, 0.1) is 25.9 Å². The van der Waals surface area contributed by atoms with E-state index in [4.69, 9.17) is 16.3 Å². The van der Waals surface area contributed by atoms with Crippen LogP contribution >= 0.6 is 0 Å². The molecule has 1 heterocycles. The Morgan fingerprint density at radius 2 is 2.26 bits per heavy atom. The Hall–Kier alpha value is -2.06. The van der Waals surface area contributed by atoms with Gasteiger partial charge in [-0.3, -0.25) is 14.7 Å². The second-order valence-electron chi connectivity index (χ2n) is 4.29. The predicted octanol–water partition coefficient (Wildman–Crippen LogP) is 1.23. The molecule has 0 unspecified atom stereocenters. The van der Waals surface area contributed by atoms with Crippen LogP contribution in [0.3, 0.4) is 0 Å². The number of methoxy groups -OCH3 is 1. The van der Waals surface area contributed by atoms with Crippen molar-refractivity contribution in [1.82, 2.24) is 9.88 Å². The molecule has 102 valence electrons. The van der Waals surface area contributed by atoms with Crippen LogP contribution in [-0.4, -0.2) is 41.2 Å². The lowest BCUT2D eigenvalue weighted by atomic mass is 10.1. The van der Waals surface area contributed by atoms with Crippen LogP contribution in [-0.2, 0) is 11.3 Å². The van der Waals surface area contributed by atoms with Gasteiger partial charge in [-0.25, -0.2) is 0 Å². The van der Waals surface area contributed by atoms with Crippen LogP contribution in [0.5, 0.6) is 5.75 Å². The Bertz CT molecular complexity index is 506. The van der Waals surface area contributed by atoms with Crippen molar-refractivity contribution in [2.45, 2.75) is 20.4 Å². The summed E-state index contributed by atoms with van der Waals surface area (Å²) in [6.45, 7) is 4.37. The van der Waals surface area contributed by atoms with Crippen molar-refractivity contribution in [2.24, 2.45) is 0 Å². The summed E-state index contributed by atoms with van der Waals surface area (Å²) in [5.41, 5.74) is 2.64. The van der Waals surface area contributed by atoms with Gasteiger partial charge in [0.2, 0.25) is 0 Å². The monoisotopic (exact) mass is 262 g/mol. The van der Waals surface area contributed by atoms with Crippen LogP contribution in [0.1, 0.15) is 16.8 Å². The summed E-state index contributed by atoms with van der Waals surface area (Å²) >= 11 is 0. The van der Waals surface area contributed by atoms with E-state index in [0.29, 0.717) is 6.54 Å². The van der Waals surface area contributed by atoms with E-state index in [2.05, 4.69) is 10.9 Å². The van der Waals surface area contributed by atoms with Crippen LogP contribution < -0.4 is 4.74 Å². The minimum atomic E-state index is -0.910. The lowest BCUT2D eigenvalue weighted by molar-refractivity contribution is -0.138. The second-order valence-corrected chi connectivity index (χ2v) is 4.29. The summed E-state index contributed by atoms with van der Waals surface area (Å²) in [6.07, 6.45) is 6.97. The van der Waals surface area contributed by atoms with E-state index in [1.807, 2.05) is 13.8 Å². The van der Waals surface area contributed by atoms with Gasteiger partial charge in [-0.1, -0.05) is 5.92 Å². The summed E-state index contributed by atoms with van der Waals surface area (Å²) in [5, 5.41) is 8.85. The van der Waals surface area contributed by atoms with Crippen molar-refractivity contribution in [2.75, 3.05) is 20.2 Å². The minimum Gasteiger partial charge on any atom is -0.496 e. The third-order valence-electron chi connectivity index (χ3n) is 2.80. The summed E-state index contributed by atoms with van der Waals surface area (Å²) in [6, 6.07) is 0. The minimum absolute atomic E-state index is 0.110. The molecule has 1 N–H and O–H groups in total. The Morgan fingerprint density at radius 3 is 2.79 bits per heavy atom. The van der Waals surface area contributed by atoms with Crippen LogP contribution in [0.4, 0.5) is 0 Å². The topological polar surface area (TPSA) is 62.7 Å². The maximum atomic E-state index is 10.8. The van der Waals surface area contributed by atoms with Gasteiger partial charge >= 0.3 is 5.97 Å². The molecule has 1 aromatic rings. The molecular weight excluding hydrogens is 244 g/mol. The lowest BCUT2D eigenvalue weighted by Crippen LogP contribution is -2.30. The molecule has 5 nitrogen and oxygen atoms in total. The molecule has 0 aliphatic carbocycles. The maximum Gasteiger partial charge on any atom is 0.317 e. The fraction of sp³-hybridized carbons (Fsp3) is 0.429. The highest BCUT2D eigenvalue weighted by Crippen LogP contribution is 2.24. The molecule has 0 saturated heterocycles. The van der Waals surface area contributed by atoms with Crippen molar-refractivity contribution in [3.05, 3.63) is 23.0 Å². The number of aryl methyl sites for hydroxylation is 1. The SMILES string of the molecule is C#CCN(CC(=O)O)Cc1ncc(C)c(OC)c1C. The lowest BCUT2D eigenvalue weighted by Gasteiger charge is -2.19. The van der Waals surface area contributed by atoms with E-state index in [1.165, 1.54) is 0 Å². The Balaban J connectivity index is 2.97. The van der Waals surface area contributed by atoms with Gasteiger partial charge in [0.15, 0.2) is 0 Å². The van der Waals surface area contributed by atoms with Crippen LogP contribution in [0.25, 0.3) is 0 Å². The largest absolute Gasteiger partial charge is 0.496 e. The highest BCUT2D eigenvalue weighted by atomic mass is 16.5. The highest BCUT2D eigenvalue weighted by molar-refractivity contribution is 5.69. The zero-order valence-electron chi connectivity index (χ0n) is 11.4. The van der Waals surface area contributed by atoms with Gasteiger partial charge in [0.1, 0.15) is 5.75 Å². The third-order valence-corrected chi connectivity index (χ3v) is 2.80. The highest BCUT2D eigenvalue weighted by Gasteiger charge is 2.14. The number of carbonyl (C=O) groups is 1. The zero-order chi connectivity index (χ0) is 14.4. The van der Waals surface area contributed by atoms with E-state index in [0.717, 1.165) is 22.6 Å². The first-order valence-corrected chi connectivity index (χ1v) is 5.86. The number of rotatable bonds is 6. The Labute approximate surface area is 113 Å².